The first kappa shape index (κ1) is 66.3. The Kier molecular flexibility index (Phi) is 56.5. The Morgan fingerprint density at radius 2 is 0.765 bits per heavy atom. The molecule has 1 amide bonds. The summed E-state index contributed by atoms with van der Waals surface area (Å²) in [6.45, 7) is 4.90. The molecule has 0 aromatic heterocycles. The third-order valence-electron chi connectivity index (χ3n) is 14.2. The molecule has 0 heterocycles. The molecule has 0 aliphatic heterocycles. The zero-order valence-electron chi connectivity index (χ0n) is 45.9. The van der Waals surface area contributed by atoms with Crippen LogP contribution in [0.2, 0.25) is 0 Å². The van der Waals surface area contributed by atoms with Crippen LogP contribution < -0.4 is 5.32 Å². The Labute approximate surface area is 424 Å². The van der Waals surface area contributed by atoms with Crippen LogP contribution >= 0.6 is 0 Å². The fourth-order valence-electron chi connectivity index (χ4n) is 9.56. The van der Waals surface area contributed by atoms with E-state index in [1.54, 1.807) is 0 Å². The summed E-state index contributed by atoms with van der Waals surface area (Å²) in [5.41, 5.74) is 0. The van der Waals surface area contributed by atoms with E-state index in [0.717, 1.165) is 51.4 Å². The van der Waals surface area contributed by atoms with Crippen molar-refractivity contribution < 1.29 is 24.5 Å². The highest BCUT2D eigenvalue weighted by Gasteiger charge is 2.20. The Bertz CT molecular complexity index is 1060. The zero-order chi connectivity index (χ0) is 49.3. The van der Waals surface area contributed by atoms with Gasteiger partial charge in [-0.1, -0.05) is 295 Å². The lowest BCUT2D eigenvalue weighted by Crippen LogP contribution is -2.45. The number of aliphatic hydroxyl groups is 2. The highest BCUT2D eigenvalue weighted by Crippen LogP contribution is 2.18. The normalized spacial score (nSPS) is 12.7. The van der Waals surface area contributed by atoms with Gasteiger partial charge in [-0.2, -0.15) is 0 Å². The average Bonchev–Trinajstić information content (AvgIpc) is 3.34. The third-order valence-corrected chi connectivity index (χ3v) is 14.2. The molecule has 2 unspecified atom stereocenters. The Hall–Kier alpha value is -1.66. The molecule has 0 aromatic carbocycles. The first-order valence-corrected chi connectivity index (χ1v) is 30.6. The lowest BCUT2D eigenvalue weighted by molar-refractivity contribution is -0.143. The summed E-state index contributed by atoms with van der Waals surface area (Å²) in [6, 6.07) is -0.543. The number of aliphatic hydroxyl groups excluding tert-OH is 2. The molecule has 68 heavy (non-hydrogen) atoms. The van der Waals surface area contributed by atoms with Gasteiger partial charge in [0.15, 0.2) is 0 Å². The molecule has 0 aliphatic carbocycles. The summed E-state index contributed by atoms with van der Waals surface area (Å²) in [5.74, 6) is -0.0387. The Morgan fingerprint density at radius 3 is 1.18 bits per heavy atom. The van der Waals surface area contributed by atoms with Gasteiger partial charge in [0.05, 0.1) is 25.4 Å². The number of carbonyl (C=O) groups is 2. The second-order valence-electron chi connectivity index (χ2n) is 21.0. The van der Waals surface area contributed by atoms with E-state index in [4.69, 9.17) is 4.74 Å². The number of hydrogen-bond acceptors (Lipinski definition) is 5. The highest BCUT2D eigenvalue weighted by molar-refractivity contribution is 5.76. The van der Waals surface area contributed by atoms with Crippen LogP contribution in [0, 0.1) is 0 Å². The molecule has 0 rings (SSSR count). The number of allylic oxidation sites excluding steroid dienone is 4. The minimum absolute atomic E-state index is 0.00428. The van der Waals surface area contributed by atoms with Crippen molar-refractivity contribution in [2.75, 3.05) is 13.2 Å². The summed E-state index contributed by atoms with van der Waals surface area (Å²) in [6.07, 6.45) is 70.4. The topological polar surface area (TPSA) is 95.9 Å². The van der Waals surface area contributed by atoms with Gasteiger partial charge in [-0.05, 0) is 51.4 Å². The molecule has 2 atom stereocenters. The lowest BCUT2D eigenvalue weighted by Gasteiger charge is -2.22. The highest BCUT2D eigenvalue weighted by atomic mass is 16.5. The van der Waals surface area contributed by atoms with Crippen molar-refractivity contribution in [2.24, 2.45) is 0 Å². The second-order valence-corrected chi connectivity index (χ2v) is 21.0. The monoisotopic (exact) mass is 958 g/mol. The van der Waals surface area contributed by atoms with Crippen LogP contribution in [0.1, 0.15) is 335 Å². The van der Waals surface area contributed by atoms with Crippen molar-refractivity contribution in [1.82, 2.24) is 5.32 Å². The maximum absolute atomic E-state index is 12.5. The number of nitrogens with one attached hydrogen (secondary N) is 1. The van der Waals surface area contributed by atoms with Gasteiger partial charge in [-0.25, -0.2) is 0 Å². The number of carbonyl (C=O) groups excluding carboxylic acids is 2. The van der Waals surface area contributed by atoms with Gasteiger partial charge in [-0.15, -0.1) is 0 Å². The summed E-state index contributed by atoms with van der Waals surface area (Å²) in [5, 5.41) is 23.3. The molecular weight excluding hydrogens is 839 g/mol. The van der Waals surface area contributed by atoms with Crippen molar-refractivity contribution >= 4 is 11.9 Å². The maximum atomic E-state index is 12.5. The first-order chi connectivity index (χ1) is 33.5. The standard InChI is InChI=1S/C62H119NO5/c1-3-5-7-9-11-13-15-17-18-19-24-27-31-34-38-42-46-50-54-60(65)59(58-64)63-61(66)55-51-47-43-39-35-32-28-25-22-20-21-23-26-29-33-37-41-45-49-53-57-68-62(67)56-52-48-44-40-36-30-16-14-12-10-8-6-4-2/h8,10,14,16,59-60,64-65H,3-7,9,11-13,15,17-58H2,1-2H3,(H,63,66)/b10-8-,16-14-. The predicted octanol–water partition coefficient (Wildman–Crippen LogP) is 19.0. The number of hydrogen-bond donors (Lipinski definition) is 3. The summed E-state index contributed by atoms with van der Waals surface area (Å²) in [4.78, 5) is 24.5. The Morgan fingerprint density at radius 1 is 0.412 bits per heavy atom. The van der Waals surface area contributed by atoms with Gasteiger partial charge < -0.3 is 20.3 Å². The number of esters is 1. The quantitative estimate of drug-likeness (QED) is 0.0321. The first-order valence-electron chi connectivity index (χ1n) is 30.6. The van der Waals surface area contributed by atoms with Crippen LogP contribution in [0.5, 0.6) is 0 Å². The van der Waals surface area contributed by atoms with E-state index >= 15 is 0 Å². The Balaban J connectivity index is 3.40. The van der Waals surface area contributed by atoms with Crippen molar-refractivity contribution in [1.29, 1.82) is 0 Å². The molecule has 6 heteroatoms. The number of rotatable bonds is 57. The molecule has 0 radical (unpaired) electrons. The number of unbranched alkanes of at least 4 members (excludes halogenated alkanes) is 42. The molecule has 0 fully saturated rings. The van der Waals surface area contributed by atoms with Crippen LogP contribution in [0.4, 0.5) is 0 Å². The van der Waals surface area contributed by atoms with Gasteiger partial charge >= 0.3 is 5.97 Å². The molecule has 0 saturated carbocycles. The van der Waals surface area contributed by atoms with Crippen molar-refractivity contribution in [2.45, 2.75) is 347 Å². The van der Waals surface area contributed by atoms with Crippen LogP contribution in [0.25, 0.3) is 0 Å². The molecule has 402 valence electrons. The van der Waals surface area contributed by atoms with Crippen LogP contribution in [-0.2, 0) is 14.3 Å². The van der Waals surface area contributed by atoms with Gasteiger partial charge in [-0.3, -0.25) is 9.59 Å². The molecule has 0 aromatic rings. The molecule has 0 spiro atoms. The molecule has 0 bridgehead atoms. The average molecular weight is 959 g/mol. The van der Waals surface area contributed by atoms with Gasteiger partial charge in [0.2, 0.25) is 5.91 Å². The van der Waals surface area contributed by atoms with E-state index in [1.165, 1.54) is 250 Å². The van der Waals surface area contributed by atoms with Crippen LogP contribution in [-0.4, -0.2) is 47.4 Å². The minimum Gasteiger partial charge on any atom is -0.466 e. The summed E-state index contributed by atoms with van der Waals surface area (Å²) < 4.78 is 5.47. The van der Waals surface area contributed by atoms with Crippen LogP contribution in [0.3, 0.4) is 0 Å². The molecule has 6 nitrogen and oxygen atoms in total. The van der Waals surface area contributed by atoms with E-state index in [-0.39, 0.29) is 18.5 Å². The van der Waals surface area contributed by atoms with Crippen molar-refractivity contribution in [3.8, 4) is 0 Å². The van der Waals surface area contributed by atoms with Crippen LogP contribution in [0.15, 0.2) is 24.3 Å². The SMILES string of the molecule is CCC/C=C\C/C=C\CCCCCCCC(=O)OCCCCCCCCCCCCCCCCCCCCCCC(=O)NC(CO)C(O)CCCCCCCCCCCCCCCCCCCC. The largest absolute Gasteiger partial charge is 0.466 e. The van der Waals surface area contributed by atoms with Crippen molar-refractivity contribution in [3.63, 3.8) is 0 Å². The van der Waals surface area contributed by atoms with E-state index in [9.17, 15) is 19.8 Å². The third kappa shape index (κ3) is 53.7. The minimum atomic E-state index is -0.666. The maximum Gasteiger partial charge on any atom is 0.305 e. The predicted molar refractivity (Wildman–Crippen MR) is 296 cm³/mol. The molecular formula is C62H119NO5. The van der Waals surface area contributed by atoms with Gasteiger partial charge in [0.1, 0.15) is 0 Å². The molecule has 3 N–H and O–H groups in total. The van der Waals surface area contributed by atoms with E-state index in [1.807, 2.05) is 0 Å². The fraction of sp³-hybridized carbons (Fsp3) is 0.903. The smallest absolute Gasteiger partial charge is 0.305 e. The van der Waals surface area contributed by atoms with Gasteiger partial charge in [0.25, 0.3) is 0 Å². The lowest BCUT2D eigenvalue weighted by atomic mass is 10.0. The number of ether oxygens (including phenoxy) is 1. The van der Waals surface area contributed by atoms with Gasteiger partial charge in [0, 0.05) is 12.8 Å². The van der Waals surface area contributed by atoms with E-state index in [2.05, 4.69) is 43.5 Å². The summed E-state index contributed by atoms with van der Waals surface area (Å²) >= 11 is 0. The fourth-order valence-corrected chi connectivity index (χ4v) is 9.56. The van der Waals surface area contributed by atoms with Crippen molar-refractivity contribution in [3.05, 3.63) is 24.3 Å². The number of amides is 1. The molecule has 0 aliphatic rings. The molecule has 0 saturated heterocycles. The van der Waals surface area contributed by atoms with E-state index in [0.29, 0.717) is 25.9 Å². The zero-order valence-corrected chi connectivity index (χ0v) is 45.9. The summed E-state index contributed by atoms with van der Waals surface area (Å²) in [7, 11) is 0. The second kappa shape index (κ2) is 57.9. The van der Waals surface area contributed by atoms with E-state index < -0.39 is 12.1 Å².